The Labute approximate surface area is 190 Å². The van der Waals surface area contributed by atoms with Gasteiger partial charge in [0.2, 0.25) is 0 Å². The lowest BCUT2D eigenvalue weighted by Gasteiger charge is -2.27. The second kappa shape index (κ2) is 8.89. The van der Waals surface area contributed by atoms with Crippen molar-refractivity contribution >= 4 is 28.2 Å². The number of fused-ring (bicyclic) bond motifs is 1. The molecule has 0 aliphatic rings. The van der Waals surface area contributed by atoms with Gasteiger partial charge in [-0.05, 0) is 57.8 Å². The van der Waals surface area contributed by atoms with Crippen molar-refractivity contribution in [2.45, 2.75) is 5.60 Å². The fraction of sp³-hybridized carbons (Fsp3) is 0.172. The van der Waals surface area contributed by atoms with E-state index in [0.29, 0.717) is 0 Å². The van der Waals surface area contributed by atoms with Crippen LogP contribution in [0.4, 0.5) is 11.4 Å². The smallest absolute Gasteiger partial charge is 0.134 e. The Morgan fingerprint density at radius 1 is 0.625 bits per heavy atom. The third-order valence-electron chi connectivity index (χ3n) is 5.98. The molecule has 4 aromatic carbocycles. The van der Waals surface area contributed by atoms with Crippen LogP contribution in [0.2, 0.25) is 0 Å². The Balaban J connectivity index is 1.82. The summed E-state index contributed by atoms with van der Waals surface area (Å²) in [4.78, 5) is 4.11. The van der Waals surface area contributed by atoms with Gasteiger partial charge in [-0.2, -0.15) is 0 Å². The highest BCUT2D eigenvalue weighted by Gasteiger charge is 2.29. The third kappa shape index (κ3) is 4.25. The number of benzene rings is 4. The Morgan fingerprint density at radius 3 is 1.66 bits per heavy atom. The standard InChI is InChI=1S/C29H30N2O/c1-30(2)26-16-12-24(13-17-26)29(32,25-14-18-27(19-15-25)31(3)4)21-20-23-10-7-9-22-8-5-6-11-28(22)23/h5-21,32H,1-4H3/b21-20+. The summed E-state index contributed by atoms with van der Waals surface area (Å²) in [6.45, 7) is 0. The maximum Gasteiger partial charge on any atom is 0.134 e. The summed E-state index contributed by atoms with van der Waals surface area (Å²) in [7, 11) is 8.06. The van der Waals surface area contributed by atoms with Gasteiger partial charge in [0.1, 0.15) is 5.60 Å². The van der Waals surface area contributed by atoms with Crippen LogP contribution in [0, 0.1) is 0 Å². The average Bonchev–Trinajstić information content (AvgIpc) is 2.82. The second-order valence-electron chi connectivity index (χ2n) is 8.55. The first kappa shape index (κ1) is 21.7. The minimum absolute atomic E-state index is 0.831. The SMILES string of the molecule is CN(C)c1ccc(C(O)(/C=C/c2cccc3ccccc23)c2ccc(N(C)C)cc2)cc1. The minimum Gasteiger partial charge on any atom is -0.378 e. The minimum atomic E-state index is -1.26. The lowest BCUT2D eigenvalue weighted by atomic mass is 9.85. The van der Waals surface area contributed by atoms with E-state index < -0.39 is 5.60 Å². The molecule has 4 rings (SSSR count). The van der Waals surface area contributed by atoms with Crippen molar-refractivity contribution in [3.63, 3.8) is 0 Å². The summed E-state index contributed by atoms with van der Waals surface area (Å²) in [6, 6.07) is 30.7. The zero-order chi connectivity index (χ0) is 22.7. The van der Waals surface area contributed by atoms with Crippen LogP contribution >= 0.6 is 0 Å². The molecule has 0 atom stereocenters. The molecule has 1 N–H and O–H groups in total. The van der Waals surface area contributed by atoms with Gasteiger partial charge in [0.05, 0.1) is 0 Å². The monoisotopic (exact) mass is 422 g/mol. The van der Waals surface area contributed by atoms with Gasteiger partial charge in [0, 0.05) is 39.6 Å². The molecule has 0 fully saturated rings. The zero-order valence-corrected chi connectivity index (χ0v) is 19.2. The molecular weight excluding hydrogens is 392 g/mol. The number of aliphatic hydroxyl groups is 1. The molecule has 3 nitrogen and oxygen atoms in total. The van der Waals surface area contributed by atoms with Gasteiger partial charge in [-0.3, -0.25) is 0 Å². The molecule has 0 saturated carbocycles. The van der Waals surface area contributed by atoms with Crippen molar-refractivity contribution in [1.29, 1.82) is 0 Å². The van der Waals surface area contributed by atoms with E-state index in [1.165, 1.54) is 10.8 Å². The number of hydrogen-bond acceptors (Lipinski definition) is 3. The fourth-order valence-electron chi connectivity index (χ4n) is 3.99. The predicted molar refractivity (Wildman–Crippen MR) is 138 cm³/mol. The van der Waals surface area contributed by atoms with Crippen molar-refractivity contribution in [3.8, 4) is 0 Å². The highest BCUT2D eigenvalue weighted by Crippen LogP contribution is 2.34. The lowest BCUT2D eigenvalue weighted by Crippen LogP contribution is -2.25. The van der Waals surface area contributed by atoms with Crippen LogP contribution in [-0.2, 0) is 5.60 Å². The summed E-state index contributed by atoms with van der Waals surface area (Å²) < 4.78 is 0. The van der Waals surface area contributed by atoms with Crippen LogP contribution in [0.5, 0.6) is 0 Å². The van der Waals surface area contributed by atoms with Crippen LogP contribution in [0.25, 0.3) is 16.8 Å². The molecule has 0 bridgehead atoms. The van der Waals surface area contributed by atoms with Crippen LogP contribution in [0.15, 0.2) is 97.1 Å². The first-order chi connectivity index (χ1) is 15.4. The van der Waals surface area contributed by atoms with E-state index in [4.69, 9.17) is 0 Å². The number of anilines is 2. The Morgan fingerprint density at radius 2 is 1.12 bits per heavy atom. The maximum absolute atomic E-state index is 12.0. The van der Waals surface area contributed by atoms with E-state index in [1.54, 1.807) is 0 Å². The Kier molecular flexibility index (Phi) is 6.02. The molecule has 0 amide bonds. The molecular formula is C29H30N2O. The summed E-state index contributed by atoms with van der Waals surface area (Å²) in [5.41, 5.74) is 3.67. The largest absolute Gasteiger partial charge is 0.378 e. The van der Waals surface area contributed by atoms with Crippen LogP contribution < -0.4 is 9.80 Å². The van der Waals surface area contributed by atoms with Crippen molar-refractivity contribution in [1.82, 2.24) is 0 Å². The molecule has 0 aromatic heterocycles. The summed E-state index contributed by atoms with van der Waals surface area (Å²) in [5.74, 6) is 0. The number of rotatable bonds is 6. The number of hydrogen-bond donors (Lipinski definition) is 1. The molecule has 0 heterocycles. The first-order valence-corrected chi connectivity index (χ1v) is 10.8. The van der Waals surface area contributed by atoms with E-state index in [9.17, 15) is 5.11 Å². The van der Waals surface area contributed by atoms with Gasteiger partial charge in [-0.1, -0.05) is 72.8 Å². The van der Waals surface area contributed by atoms with Gasteiger partial charge in [0.15, 0.2) is 0 Å². The quantitative estimate of drug-likeness (QED) is 0.418. The normalized spacial score (nSPS) is 11.8. The Bertz CT molecular complexity index is 1170. The molecule has 0 saturated heterocycles. The molecule has 0 spiro atoms. The van der Waals surface area contributed by atoms with Crippen LogP contribution in [0.3, 0.4) is 0 Å². The molecule has 162 valence electrons. The summed E-state index contributed by atoms with van der Waals surface area (Å²) in [5, 5.41) is 14.4. The van der Waals surface area contributed by atoms with Crippen LogP contribution in [-0.4, -0.2) is 33.3 Å². The lowest BCUT2D eigenvalue weighted by molar-refractivity contribution is 0.135. The van der Waals surface area contributed by atoms with Gasteiger partial charge < -0.3 is 14.9 Å². The average molecular weight is 423 g/mol. The molecule has 32 heavy (non-hydrogen) atoms. The molecule has 4 aromatic rings. The van der Waals surface area contributed by atoms with E-state index in [-0.39, 0.29) is 0 Å². The van der Waals surface area contributed by atoms with E-state index in [2.05, 4.69) is 40.1 Å². The maximum atomic E-state index is 12.0. The molecule has 0 aliphatic carbocycles. The van der Waals surface area contributed by atoms with Crippen molar-refractivity contribution in [3.05, 3.63) is 114 Å². The third-order valence-corrected chi connectivity index (χ3v) is 5.98. The molecule has 0 radical (unpaired) electrons. The number of nitrogens with zero attached hydrogens (tertiary/aromatic N) is 2. The predicted octanol–water partition coefficient (Wildman–Crippen LogP) is 5.92. The topological polar surface area (TPSA) is 26.7 Å². The highest BCUT2D eigenvalue weighted by molar-refractivity contribution is 5.90. The zero-order valence-electron chi connectivity index (χ0n) is 19.2. The van der Waals surface area contributed by atoms with E-state index in [0.717, 1.165) is 28.1 Å². The summed E-state index contributed by atoms with van der Waals surface area (Å²) in [6.07, 6.45) is 3.94. The van der Waals surface area contributed by atoms with Gasteiger partial charge in [-0.25, -0.2) is 0 Å². The molecule has 0 unspecified atom stereocenters. The molecule has 3 heteroatoms. The van der Waals surface area contributed by atoms with Crippen molar-refractivity contribution < 1.29 is 5.11 Å². The van der Waals surface area contributed by atoms with Gasteiger partial charge in [-0.15, -0.1) is 0 Å². The summed E-state index contributed by atoms with van der Waals surface area (Å²) >= 11 is 0. The molecule has 0 aliphatic heterocycles. The Hall–Kier alpha value is -3.56. The fourth-order valence-corrected chi connectivity index (χ4v) is 3.99. The highest BCUT2D eigenvalue weighted by atomic mass is 16.3. The van der Waals surface area contributed by atoms with Crippen molar-refractivity contribution in [2.24, 2.45) is 0 Å². The van der Waals surface area contributed by atoms with E-state index >= 15 is 0 Å². The van der Waals surface area contributed by atoms with E-state index in [1.807, 2.05) is 101 Å². The van der Waals surface area contributed by atoms with Crippen molar-refractivity contribution in [2.75, 3.05) is 38.0 Å². The second-order valence-corrected chi connectivity index (χ2v) is 8.55. The first-order valence-electron chi connectivity index (χ1n) is 10.8. The van der Waals surface area contributed by atoms with Gasteiger partial charge >= 0.3 is 0 Å². The van der Waals surface area contributed by atoms with Crippen LogP contribution in [0.1, 0.15) is 16.7 Å². The van der Waals surface area contributed by atoms with Gasteiger partial charge in [0.25, 0.3) is 0 Å².